The Labute approximate surface area is 158 Å². The van der Waals surface area contributed by atoms with Gasteiger partial charge < -0.3 is 14.5 Å². The molecule has 1 amide bonds. The smallest absolute Gasteiger partial charge is 0.255 e. The van der Waals surface area contributed by atoms with E-state index in [-0.39, 0.29) is 12.0 Å². The molecule has 4 rings (SSSR count). The van der Waals surface area contributed by atoms with E-state index in [9.17, 15) is 10.1 Å². The lowest BCUT2D eigenvalue weighted by atomic mass is 10.0. The van der Waals surface area contributed by atoms with Crippen molar-refractivity contribution in [3.8, 4) is 11.8 Å². The lowest BCUT2D eigenvalue weighted by Gasteiger charge is -2.29. The van der Waals surface area contributed by atoms with Gasteiger partial charge in [-0.3, -0.25) is 9.48 Å². The first kappa shape index (κ1) is 17.6. The summed E-state index contributed by atoms with van der Waals surface area (Å²) in [6, 6.07) is 7.17. The molecule has 27 heavy (non-hydrogen) atoms. The third-order valence-corrected chi connectivity index (χ3v) is 5.32. The van der Waals surface area contributed by atoms with Crippen molar-refractivity contribution in [2.75, 3.05) is 20.1 Å². The molecule has 7 nitrogen and oxygen atoms in total. The number of benzene rings is 1. The Bertz CT molecular complexity index is 892. The zero-order valence-corrected chi connectivity index (χ0v) is 15.6. The van der Waals surface area contributed by atoms with Gasteiger partial charge >= 0.3 is 0 Å². The van der Waals surface area contributed by atoms with Crippen molar-refractivity contribution < 1.29 is 9.53 Å². The minimum atomic E-state index is -0.603. The molecule has 1 saturated heterocycles. The predicted molar refractivity (Wildman–Crippen MR) is 99.0 cm³/mol. The molecule has 2 aliphatic heterocycles. The molecule has 0 spiro atoms. The Balaban J connectivity index is 1.54. The van der Waals surface area contributed by atoms with Crippen molar-refractivity contribution >= 4 is 5.91 Å². The number of nitrogens with zero attached hydrogens (tertiary/aromatic N) is 5. The molecule has 1 unspecified atom stereocenters. The molecule has 2 aliphatic rings. The number of hydrogen-bond acceptors (Lipinski definition) is 5. The zero-order chi connectivity index (χ0) is 19.0. The topological polar surface area (TPSA) is 74.4 Å². The molecule has 0 saturated carbocycles. The Morgan fingerprint density at radius 3 is 2.74 bits per heavy atom. The van der Waals surface area contributed by atoms with Gasteiger partial charge in [-0.1, -0.05) is 0 Å². The number of fused-ring (bicyclic) bond motifs is 1. The van der Waals surface area contributed by atoms with E-state index in [0.29, 0.717) is 12.1 Å². The number of carbonyl (C=O) groups excluding carboxylic acids is 1. The van der Waals surface area contributed by atoms with Crippen LogP contribution in [0, 0.1) is 11.3 Å². The van der Waals surface area contributed by atoms with E-state index in [1.807, 2.05) is 25.4 Å². The molecule has 1 fully saturated rings. The van der Waals surface area contributed by atoms with Crippen LogP contribution in [0.15, 0.2) is 30.6 Å². The summed E-state index contributed by atoms with van der Waals surface area (Å²) < 4.78 is 7.83. The second kappa shape index (κ2) is 7.05. The highest BCUT2D eigenvalue weighted by Crippen LogP contribution is 2.37. The van der Waals surface area contributed by atoms with Gasteiger partial charge in [0.05, 0.1) is 18.8 Å². The minimum Gasteiger partial charge on any atom is -0.490 e. The largest absolute Gasteiger partial charge is 0.490 e. The Hall–Kier alpha value is -2.85. The number of aromatic nitrogens is 2. The van der Waals surface area contributed by atoms with Crippen LogP contribution >= 0.6 is 0 Å². The number of ether oxygens (including phenoxy) is 1. The van der Waals surface area contributed by atoms with Gasteiger partial charge in [0, 0.05) is 43.0 Å². The van der Waals surface area contributed by atoms with Gasteiger partial charge in [0.25, 0.3) is 5.91 Å². The Morgan fingerprint density at radius 1 is 1.30 bits per heavy atom. The maximum Gasteiger partial charge on any atom is 0.255 e. The molecule has 140 valence electrons. The van der Waals surface area contributed by atoms with Crippen LogP contribution in [0.1, 0.15) is 40.4 Å². The summed E-state index contributed by atoms with van der Waals surface area (Å²) in [6.45, 7) is 2.41. The van der Waals surface area contributed by atoms with Gasteiger partial charge in [-0.25, -0.2) is 0 Å². The molecular formula is C20H23N5O2. The molecule has 1 aromatic carbocycles. The quantitative estimate of drug-likeness (QED) is 0.830. The summed E-state index contributed by atoms with van der Waals surface area (Å²) in [6.07, 6.45) is 5.74. The number of piperidine rings is 1. The monoisotopic (exact) mass is 365 g/mol. The van der Waals surface area contributed by atoms with E-state index in [2.05, 4.69) is 23.1 Å². The van der Waals surface area contributed by atoms with E-state index >= 15 is 0 Å². The lowest BCUT2D eigenvalue weighted by Crippen LogP contribution is -2.35. The maximum absolute atomic E-state index is 12.8. The van der Waals surface area contributed by atoms with Gasteiger partial charge in [-0.15, -0.1) is 0 Å². The van der Waals surface area contributed by atoms with Crippen LogP contribution in [-0.2, 0) is 13.6 Å². The molecule has 0 bridgehead atoms. The highest BCUT2D eigenvalue weighted by Gasteiger charge is 2.37. The first-order valence-electron chi connectivity index (χ1n) is 9.22. The predicted octanol–water partition coefficient (Wildman–Crippen LogP) is 2.11. The highest BCUT2D eigenvalue weighted by molar-refractivity contribution is 5.99. The average molecular weight is 365 g/mol. The number of nitriles is 1. The fraction of sp³-hybridized carbons (Fsp3) is 0.450. The van der Waals surface area contributed by atoms with E-state index < -0.39 is 6.04 Å². The number of rotatable bonds is 4. The van der Waals surface area contributed by atoms with Crippen LogP contribution < -0.4 is 4.74 Å². The lowest BCUT2D eigenvalue weighted by molar-refractivity contribution is 0.0744. The summed E-state index contributed by atoms with van der Waals surface area (Å²) >= 11 is 0. The molecule has 1 atom stereocenters. The molecule has 3 heterocycles. The maximum atomic E-state index is 12.8. The number of carbonyl (C=O) groups is 1. The second-order valence-electron chi connectivity index (χ2n) is 7.36. The third kappa shape index (κ3) is 3.40. The summed E-state index contributed by atoms with van der Waals surface area (Å²) in [5.74, 6) is 0.617. The summed E-state index contributed by atoms with van der Waals surface area (Å²) in [4.78, 5) is 16.7. The first-order chi connectivity index (χ1) is 13.0. The molecule has 7 heteroatoms. The van der Waals surface area contributed by atoms with Crippen LogP contribution in [0.4, 0.5) is 0 Å². The third-order valence-electron chi connectivity index (χ3n) is 5.32. The Morgan fingerprint density at radius 2 is 2.07 bits per heavy atom. The SMILES string of the molecule is CN1CCC(Oc2ccc3c(c2)C(C#N)N(Cc2cnn(C)c2)C3=O)CC1. The van der Waals surface area contributed by atoms with Gasteiger partial charge in [-0.2, -0.15) is 10.4 Å². The first-order valence-corrected chi connectivity index (χ1v) is 9.22. The summed E-state index contributed by atoms with van der Waals surface area (Å²) in [5, 5.41) is 13.9. The van der Waals surface area contributed by atoms with Crippen LogP contribution in [0.25, 0.3) is 0 Å². The zero-order valence-electron chi connectivity index (χ0n) is 15.6. The van der Waals surface area contributed by atoms with Crippen molar-refractivity contribution in [2.24, 2.45) is 7.05 Å². The molecule has 2 aromatic rings. The van der Waals surface area contributed by atoms with Crippen LogP contribution in [0.3, 0.4) is 0 Å². The number of aryl methyl sites for hydroxylation is 1. The summed E-state index contributed by atoms with van der Waals surface area (Å²) in [5.41, 5.74) is 2.22. The van der Waals surface area contributed by atoms with E-state index in [4.69, 9.17) is 4.74 Å². The van der Waals surface area contributed by atoms with Gasteiger partial charge in [0.2, 0.25) is 0 Å². The average Bonchev–Trinajstić information content (AvgIpc) is 3.18. The van der Waals surface area contributed by atoms with Crippen molar-refractivity contribution in [3.63, 3.8) is 0 Å². The van der Waals surface area contributed by atoms with Crippen molar-refractivity contribution in [1.29, 1.82) is 5.26 Å². The van der Waals surface area contributed by atoms with E-state index in [0.717, 1.165) is 42.8 Å². The number of amides is 1. The molecular weight excluding hydrogens is 342 g/mol. The van der Waals surface area contributed by atoms with Crippen LogP contribution in [-0.4, -0.2) is 51.7 Å². The van der Waals surface area contributed by atoms with Crippen LogP contribution in [0.5, 0.6) is 5.75 Å². The molecule has 0 N–H and O–H groups in total. The van der Waals surface area contributed by atoms with Crippen molar-refractivity contribution in [3.05, 3.63) is 47.3 Å². The Kier molecular flexibility index (Phi) is 4.58. The van der Waals surface area contributed by atoms with E-state index in [1.54, 1.807) is 21.8 Å². The van der Waals surface area contributed by atoms with Gasteiger partial charge in [-0.05, 0) is 38.1 Å². The normalized spacial score (nSPS) is 20.6. The molecule has 0 aliphatic carbocycles. The number of likely N-dealkylation sites (tertiary alicyclic amines) is 1. The number of hydrogen-bond donors (Lipinski definition) is 0. The molecule has 0 radical (unpaired) electrons. The highest BCUT2D eigenvalue weighted by atomic mass is 16.5. The van der Waals surface area contributed by atoms with Gasteiger partial charge in [0.1, 0.15) is 17.9 Å². The van der Waals surface area contributed by atoms with Crippen molar-refractivity contribution in [2.45, 2.75) is 31.5 Å². The van der Waals surface area contributed by atoms with Crippen LogP contribution in [0.2, 0.25) is 0 Å². The fourth-order valence-corrected chi connectivity index (χ4v) is 3.82. The fourth-order valence-electron chi connectivity index (χ4n) is 3.82. The summed E-state index contributed by atoms with van der Waals surface area (Å²) in [7, 11) is 3.95. The van der Waals surface area contributed by atoms with Crippen molar-refractivity contribution in [1.82, 2.24) is 19.6 Å². The standard InChI is InChI=1S/C20H23N5O2/c1-23-7-5-15(6-8-23)27-16-3-4-17-18(9-16)19(10-21)25(20(17)26)13-14-11-22-24(2)12-14/h3-4,9,11-12,15,19H,5-8,13H2,1-2H3. The van der Waals surface area contributed by atoms with E-state index in [1.165, 1.54) is 0 Å². The molecule has 1 aromatic heterocycles. The minimum absolute atomic E-state index is 0.119. The van der Waals surface area contributed by atoms with Gasteiger partial charge in [0.15, 0.2) is 0 Å². The second-order valence-corrected chi connectivity index (χ2v) is 7.36.